The monoisotopic (exact) mass is 504 g/mol. The number of anilines is 1. The molecule has 0 aromatic heterocycles. The van der Waals surface area contributed by atoms with Gasteiger partial charge >= 0.3 is 0 Å². The lowest BCUT2D eigenvalue weighted by Gasteiger charge is -2.36. The molecule has 1 unspecified atom stereocenters. The summed E-state index contributed by atoms with van der Waals surface area (Å²) in [5.74, 6) is 2.51. The highest BCUT2D eigenvalue weighted by Gasteiger charge is 2.33. The number of nitrogens with zero attached hydrogens (tertiary/aromatic N) is 2. The van der Waals surface area contributed by atoms with Crippen LogP contribution in [-0.4, -0.2) is 65.6 Å². The molecule has 8 heteroatoms. The molecule has 1 aromatic rings. The molecule has 0 saturated carbocycles. The standard InChI is InChI=1S/C20H32N4O3.HI/c1-5-21-19(22-12-20(2)13-27-14-20)23-15-6-7-24(11-15)16-8-17(25-3)10-18(9-16)26-4;/h8-10,15H,5-7,11-14H2,1-4H3,(H2,21,22,23);1H. The second-order valence-electron chi connectivity index (χ2n) is 7.65. The van der Waals surface area contributed by atoms with E-state index in [1.54, 1.807) is 14.2 Å². The summed E-state index contributed by atoms with van der Waals surface area (Å²) >= 11 is 0. The molecular formula is C20H33IN4O3. The molecular weight excluding hydrogens is 471 g/mol. The summed E-state index contributed by atoms with van der Waals surface area (Å²) in [5, 5.41) is 6.95. The third-order valence-electron chi connectivity index (χ3n) is 5.09. The summed E-state index contributed by atoms with van der Waals surface area (Å²) < 4.78 is 16.1. The van der Waals surface area contributed by atoms with Gasteiger partial charge in [0.25, 0.3) is 0 Å². The largest absolute Gasteiger partial charge is 0.497 e. The highest BCUT2D eigenvalue weighted by molar-refractivity contribution is 14.0. The zero-order chi connectivity index (χ0) is 19.3. The fourth-order valence-electron chi connectivity index (χ4n) is 3.41. The predicted octanol–water partition coefficient (Wildman–Crippen LogP) is 2.49. The van der Waals surface area contributed by atoms with Gasteiger partial charge in [0.05, 0.1) is 34.0 Å². The zero-order valence-electron chi connectivity index (χ0n) is 17.3. The molecule has 1 aromatic carbocycles. The minimum atomic E-state index is 0. The van der Waals surface area contributed by atoms with Crippen LogP contribution >= 0.6 is 24.0 Å². The van der Waals surface area contributed by atoms with Crippen molar-refractivity contribution in [1.29, 1.82) is 0 Å². The Hall–Kier alpha value is -1.42. The molecule has 2 aliphatic heterocycles. The molecule has 7 nitrogen and oxygen atoms in total. The number of methoxy groups -OCH3 is 2. The number of hydrogen-bond acceptors (Lipinski definition) is 5. The van der Waals surface area contributed by atoms with Crippen LogP contribution in [0.2, 0.25) is 0 Å². The fraction of sp³-hybridized carbons (Fsp3) is 0.650. The van der Waals surface area contributed by atoms with Gasteiger partial charge in [-0.15, -0.1) is 24.0 Å². The molecule has 0 amide bonds. The van der Waals surface area contributed by atoms with Crippen molar-refractivity contribution in [2.75, 3.05) is 58.5 Å². The Morgan fingerprint density at radius 1 is 1.25 bits per heavy atom. The molecule has 3 rings (SSSR count). The van der Waals surface area contributed by atoms with Gasteiger partial charge in [-0.3, -0.25) is 4.99 Å². The van der Waals surface area contributed by atoms with Crippen LogP contribution in [0.15, 0.2) is 23.2 Å². The van der Waals surface area contributed by atoms with Gasteiger partial charge in [-0.2, -0.15) is 0 Å². The van der Waals surface area contributed by atoms with E-state index in [4.69, 9.17) is 19.2 Å². The van der Waals surface area contributed by atoms with E-state index < -0.39 is 0 Å². The molecule has 2 aliphatic rings. The lowest BCUT2D eigenvalue weighted by Crippen LogP contribution is -2.47. The summed E-state index contributed by atoms with van der Waals surface area (Å²) in [7, 11) is 3.36. The van der Waals surface area contributed by atoms with Crippen LogP contribution in [0.4, 0.5) is 5.69 Å². The lowest BCUT2D eigenvalue weighted by molar-refractivity contribution is -0.0945. The third-order valence-corrected chi connectivity index (χ3v) is 5.09. The van der Waals surface area contributed by atoms with Crippen LogP contribution in [0.1, 0.15) is 20.3 Å². The second-order valence-corrected chi connectivity index (χ2v) is 7.65. The molecule has 0 aliphatic carbocycles. The van der Waals surface area contributed by atoms with Crippen LogP contribution in [-0.2, 0) is 4.74 Å². The lowest BCUT2D eigenvalue weighted by atomic mass is 9.89. The Bertz CT molecular complexity index is 645. The summed E-state index contributed by atoms with van der Waals surface area (Å²) in [5.41, 5.74) is 1.30. The maximum Gasteiger partial charge on any atom is 0.191 e. The number of nitrogens with one attached hydrogen (secondary N) is 2. The maximum atomic E-state index is 5.40. The van der Waals surface area contributed by atoms with E-state index in [0.717, 1.165) is 69.0 Å². The quantitative estimate of drug-likeness (QED) is 0.338. The first-order valence-corrected chi connectivity index (χ1v) is 9.66. The van der Waals surface area contributed by atoms with Gasteiger partial charge in [0.15, 0.2) is 5.96 Å². The molecule has 2 heterocycles. The van der Waals surface area contributed by atoms with E-state index in [-0.39, 0.29) is 29.4 Å². The SMILES string of the molecule is CCNC(=NCC1(C)COC1)NC1CCN(c2cc(OC)cc(OC)c2)C1.I. The Kier molecular flexibility index (Phi) is 8.48. The average molecular weight is 504 g/mol. The average Bonchev–Trinajstić information content (AvgIpc) is 3.13. The van der Waals surface area contributed by atoms with Crippen LogP contribution in [0.3, 0.4) is 0 Å². The number of ether oxygens (including phenoxy) is 3. The van der Waals surface area contributed by atoms with Crippen LogP contribution in [0.5, 0.6) is 11.5 Å². The summed E-state index contributed by atoms with van der Waals surface area (Å²) in [6.45, 7) is 9.44. The maximum absolute atomic E-state index is 5.40. The highest BCUT2D eigenvalue weighted by Crippen LogP contribution is 2.30. The van der Waals surface area contributed by atoms with E-state index in [9.17, 15) is 0 Å². The summed E-state index contributed by atoms with van der Waals surface area (Å²) in [6, 6.07) is 6.37. The predicted molar refractivity (Wildman–Crippen MR) is 124 cm³/mol. The number of halogens is 1. The Balaban J connectivity index is 0.00000280. The van der Waals surface area contributed by atoms with Crippen LogP contribution in [0.25, 0.3) is 0 Å². The number of hydrogen-bond donors (Lipinski definition) is 2. The highest BCUT2D eigenvalue weighted by atomic mass is 127. The molecule has 2 saturated heterocycles. The number of rotatable bonds is 7. The van der Waals surface area contributed by atoms with Crippen molar-refractivity contribution in [3.8, 4) is 11.5 Å². The van der Waals surface area contributed by atoms with Crippen molar-refractivity contribution in [1.82, 2.24) is 10.6 Å². The van der Waals surface area contributed by atoms with E-state index in [2.05, 4.69) is 41.5 Å². The molecule has 158 valence electrons. The molecule has 0 radical (unpaired) electrons. The molecule has 0 spiro atoms. The smallest absolute Gasteiger partial charge is 0.191 e. The van der Waals surface area contributed by atoms with Gasteiger partial charge in [-0.05, 0) is 13.3 Å². The van der Waals surface area contributed by atoms with E-state index >= 15 is 0 Å². The zero-order valence-corrected chi connectivity index (χ0v) is 19.6. The van der Waals surface area contributed by atoms with Crippen molar-refractivity contribution >= 4 is 35.6 Å². The minimum Gasteiger partial charge on any atom is -0.497 e. The van der Waals surface area contributed by atoms with Crippen molar-refractivity contribution in [2.45, 2.75) is 26.3 Å². The van der Waals surface area contributed by atoms with E-state index in [1.807, 2.05) is 6.07 Å². The number of guanidine groups is 1. The summed E-state index contributed by atoms with van der Waals surface area (Å²) in [4.78, 5) is 7.13. The number of benzene rings is 1. The van der Waals surface area contributed by atoms with Gasteiger partial charge in [-0.25, -0.2) is 0 Å². The molecule has 28 heavy (non-hydrogen) atoms. The van der Waals surface area contributed by atoms with Crippen LogP contribution in [0, 0.1) is 5.41 Å². The number of aliphatic imine (C=N–C) groups is 1. The molecule has 2 N–H and O–H groups in total. The molecule has 2 fully saturated rings. The third kappa shape index (κ3) is 5.79. The second kappa shape index (κ2) is 10.4. The van der Waals surface area contributed by atoms with Crippen molar-refractivity contribution in [3.05, 3.63) is 18.2 Å². The fourth-order valence-corrected chi connectivity index (χ4v) is 3.41. The first kappa shape index (κ1) is 22.9. The van der Waals surface area contributed by atoms with Gasteiger partial charge < -0.3 is 29.7 Å². The Morgan fingerprint density at radius 3 is 2.46 bits per heavy atom. The minimum absolute atomic E-state index is 0. The molecule has 0 bridgehead atoms. The topological polar surface area (TPSA) is 67.4 Å². The van der Waals surface area contributed by atoms with Crippen LogP contribution < -0.4 is 25.0 Å². The van der Waals surface area contributed by atoms with Crippen molar-refractivity contribution in [2.24, 2.45) is 10.4 Å². The van der Waals surface area contributed by atoms with Gasteiger partial charge in [0, 0.05) is 55.0 Å². The first-order chi connectivity index (χ1) is 13.0. The van der Waals surface area contributed by atoms with Gasteiger partial charge in [0.2, 0.25) is 0 Å². The van der Waals surface area contributed by atoms with Gasteiger partial charge in [-0.1, -0.05) is 6.92 Å². The Morgan fingerprint density at radius 2 is 1.93 bits per heavy atom. The van der Waals surface area contributed by atoms with Crippen molar-refractivity contribution < 1.29 is 14.2 Å². The van der Waals surface area contributed by atoms with Gasteiger partial charge in [0.1, 0.15) is 11.5 Å². The van der Waals surface area contributed by atoms with E-state index in [0.29, 0.717) is 6.04 Å². The van der Waals surface area contributed by atoms with E-state index in [1.165, 1.54) is 0 Å². The Labute approximate surface area is 185 Å². The first-order valence-electron chi connectivity index (χ1n) is 9.66. The normalized spacial score (nSPS) is 20.8. The van der Waals surface area contributed by atoms with Crippen molar-refractivity contribution in [3.63, 3.8) is 0 Å². The molecule has 1 atom stereocenters. The summed E-state index contributed by atoms with van der Waals surface area (Å²) in [6.07, 6.45) is 1.06.